The molecular weight excluding hydrogens is 324 g/mol. The van der Waals surface area contributed by atoms with E-state index >= 15 is 0 Å². The van der Waals surface area contributed by atoms with Gasteiger partial charge in [0.2, 0.25) is 5.91 Å². The largest absolute Gasteiger partial charge is 0.376 e. The predicted octanol–water partition coefficient (Wildman–Crippen LogP) is 2.77. The molecule has 3 rings (SSSR count). The number of anilines is 1. The van der Waals surface area contributed by atoms with Crippen LogP contribution in [0.5, 0.6) is 0 Å². The second-order valence-electron chi connectivity index (χ2n) is 6.16. The number of carbonyl (C=O) groups is 1. The first-order chi connectivity index (χ1) is 11.5. The van der Waals surface area contributed by atoms with E-state index in [-0.39, 0.29) is 24.7 Å². The molecule has 0 spiro atoms. The lowest BCUT2D eigenvalue weighted by Gasteiger charge is -2.31. The lowest BCUT2D eigenvalue weighted by atomic mass is 9.89. The lowest BCUT2D eigenvalue weighted by molar-refractivity contribution is -0.114. The van der Waals surface area contributed by atoms with E-state index in [2.05, 4.69) is 30.2 Å². The van der Waals surface area contributed by atoms with Crippen LogP contribution in [0.3, 0.4) is 0 Å². The Bertz CT molecular complexity index is 708. The molecule has 0 saturated carbocycles. The van der Waals surface area contributed by atoms with Gasteiger partial charge in [0.25, 0.3) is 0 Å². The Morgan fingerprint density at radius 2 is 2.04 bits per heavy atom. The molecular formula is C17H22N4O2S. The maximum absolute atomic E-state index is 11.4. The topological polar surface area (TPSA) is 90.1 Å². The number of nitrogens with zero attached hydrogens (tertiary/aromatic N) is 2. The SMILES string of the molecule is CC1CC(c2cccc(-c3csc(NC(=O)CN)n3)n2)CC(C)O1. The van der Waals surface area contributed by atoms with Crippen LogP contribution < -0.4 is 11.1 Å². The first-order valence-corrected chi connectivity index (χ1v) is 9.01. The molecule has 2 unspecified atom stereocenters. The van der Waals surface area contributed by atoms with Crippen molar-refractivity contribution in [1.29, 1.82) is 0 Å². The van der Waals surface area contributed by atoms with E-state index in [1.54, 1.807) is 0 Å². The summed E-state index contributed by atoms with van der Waals surface area (Å²) in [7, 11) is 0. The smallest absolute Gasteiger partial charge is 0.239 e. The van der Waals surface area contributed by atoms with E-state index in [1.165, 1.54) is 11.3 Å². The first-order valence-electron chi connectivity index (χ1n) is 8.13. The van der Waals surface area contributed by atoms with Crippen LogP contribution in [0.15, 0.2) is 23.6 Å². The quantitative estimate of drug-likeness (QED) is 0.888. The van der Waals surface area contributed by atoms with Crippen LogP contribution in [-0.2, 0) is 9.53 Å². The molecule has 7 heteroatoms. The molecule has 0 aromatic carbocycles. The van der Waals surface area contributed by atoms with Gasteiger partial charge < -0.3 is 15.8 Å². The van der Waals surface area contributed by atoms with Gasteiger partial charge in [-0.1, -0.05) is 6.07 Å². The van der Waals surface area contributed by atoms with Crippen LogP contribution in [0.2, 0.25) is 0 Å². The first kappa shape index (κ1) is 17.0. The summed E-state index contributed by atoms with van der Waals surface area (Å²) in [5.74, 6) is 0.154. The molecule has 1 fully saturated rings. The molecule has 3 N–H and O–H groups in total. The van der Waals surface area contributed by atoms with Gasteiger partial charge in [0, 0.05) is 17.0 Å². The Balaban J connectivity index is 1.79. The highest BCUT2D eigenvalue weighted by molar-refractivity contribution is 7.14. The molecule has 0 aliphatic carbocycles. The third-order valence-electron chi connectivity index (χ3n) is 4.08. The van der Waals surface area contributed by atoms with Gasteiger partial charge >= 0.3 is 0 Å². The summed E-state index contributed by atoms with van der Waals surface area (Å²) in [6.07, 6.45) is 2.47. The third-order valence-corrected chi connectivity index (χ3v) is 4.84. The zero-order chi connectivity index (χ0) is 17.1. The van der Waals surface area contributed by atoms with Gasteiger partial charge in [-0.25, -0.2) is 4.98 Å². The fourth-order valence-electron chi connectivity index (χ4n) is 3.09. The highest BCUT2D eigenvalue weighted by atomic mass is 32.1. The average molecular weight is 346 g/mol. The number of aromatic nitrogens is 2. The molecule has 2 aromatic heterocycles. The molecule has 6 nitrogen and oxygen atoms in total. The van der Waals surface area contributed by atoms with Crippen molar-refractivity contribution in [3.8, 4) is 11.4 Å². The Hall–Kier alpha value is -1.83. The standard InChI is InChI=1S/C17H22N4O2S/c1-10-6-12(7-11(2)23-10)13-4-3-5-14(19-13)15-9-24-17(20-15)21-16(22)8-18/h3-5,9-12H,6-8,18H2,1-2H3,(H,20,21,22). The lowest BCUT2D eigenvalue weighted by Crippen LogP contribution is -2.28. The van der Waals surface area contributed by atoms with Crippen molar-refractivity contribution in [1.82, 2.24) is 9.97 Å². The van der Waals surface area contributed by atoms with Crippen molar-refractivity contribution in [3.05, 3.63) is 29.3 Å². The molecule has 1 saturated heterocycles. The van der Waals surface area contributed by atoms with Crippen LogP contribution in [0.25, 0.3) is 11.4 Å². The number of thiazole rings is 1. The number of nitrogens with two attached hydrogens (primary N) is 1. The Kier molecular flexibility index (Phi) is 5.23. The number of carbonyl (C=O) groups excluding carboxylic acids is 1. The minimum Gasteiger partial charge on any atom is -0.376 e. The summed E-state index contributed by atoms with van der Waals surface area (Å²) in [4.78, 5) is 20.6. The molecule has 2 atom stereocenters. The van der Waals surface area contributed by atoms with Gasteiger partial charge in [-0.05, 0) is 38.8 Å². The van der Waals surface area contributed by atoms with Gasteiger partial charge in [-0.3, -0.25) is 9.78 Å². The van der Waals surface area contributed by atoms with Crippen LogP contribution in [-0.4, -0.2) is 34.6 Å². The summed E-state index contributed by atoms with van der Waals surface area (Å²) >= 11 is 1.37. The zero-order valence-corrected chi connectivity index (χ0v) is 14.7. The Labute approximate surface area is 145 Å². The number of ether oxygens (including phenoxy) is 1. The zero-order valence-electron chi connectivity index (χ0n) is 13.9. The molecule has 1 amide bonds. The molecule has 1 aliphatic heterocycles. The molecule has 1 aliphatic rings. The van der Waals surface area contributed by atoms with Crippen LogP contribution in [0.1, 0.15) is 38.3 Å². The monoisotopic (exact) mass is 346 g/mol. The molecule has 128 valence electrons. The summed E-state index contributed by atoms with van der Waals surface area (Å²) in [6.45, 7) is 4.17. The minimum atomic E-state index is -0.247. The number of rotatable bonds is 4. The fourth-order valence-corrected chi connectivity index (χ4v) is 3.81. The molecule has 2 aromatic rings. The van der Waals surface area contributed by atoms with Gasteiger partial charge in [0.1, 0.15) is 5.69 Å². The van der Waals surface area contributed by atoms with Crippen molar-refractivity contribution in [2.75, 3.05) is 11.9 Å². The van der Waals surface area contributed by atoms with Crippen molar-refractivity contribution in [2.24, 2.45) is 5.73 Å². The van der Waals surface area contributed by atoms with Crippen LogP contribution in [0.4, 0.5) is 5.13 Å². The number of amides is 1. The summed E-state index contributed by atoms with van der Waals surface area (Å²) in [6, 6.07) is 6.03. The third kappa shape index (κ3) is 3.98. The van der Waals surface area contributed by atoms with Crippen LogP contribution in [0, 0.1) is 0 Å². The van der Waals surface area contributed by atoms with Gasteiger partial charge in [0.05, 0.1) is 24.4 Å². The second-order valence-corrected chi connectivity index (χ2v) is 7.02. The van der Waals surface area contributed by atoms with E-state index in [4.69, 9.17) is 15.5 Å². The van der Waals surface area contributed by atoms with Gasteiger partial charge in [0.15, 0.2) is 5.13 Å². The normalized spacial score (nSPS) is 23.9. The minimum absolute atomic E-state index is 0.0528. The molecule has 0 radical (unpaired) electrons. The van der Waals surface area contributed by atoms with Gasteiger partial charge in [-0.2, -0.15) is 0 Å². The molecule has 24 heavy (non-hydrogen) atoms. The van der Waals surface area contributed by atoms with E-state index in [0.717, 1.165) is 29.9 Å². The van der Waals surface area contributed by atoms with E-state index in [9.17, 15) is 4.79 Å². The van der Waals surface area contributed by atoms with Crippen molar-refractivity contribution in [3.63, 3.8) is 0 Å². The summed E-state index contributed by atoms with van der Waals surface area (Å²) in [5, 5.41) is 5.11. The van der Waals surface area contributed by atoms with Crippen molar-refractivity contribution in [2.45, 2.75) is 44.8 Å². The van der Waals surface area contributed by atoms with E-state index in [1.807, 2.05) is 17.5 Å². The van der Waals surface area contributed by atoms with Crippen LogP contribution >= 0.6 is 11.3 Å². The maximum atomic E-state index is 11.4. The van der Waals surface area contributed by atoms with Crippen molar-refractivity contribution < 1.29 is 9.53 Å². The molecule has 0 bridgehead atoms. The number of hydrogen-bond donors (Lipinski definition) is 2. The Morgan fingerprint density at radius 3 is 2.75 bits per heavy atom. The average Bonchev–Trinajstić information content (AvgIpc) is 3.02. The second kappa shape index (κ2) is 7.38. The van der Waals surface area contributed by atoms with E-state index in [0.29, 0.717) is 11.0 Å². The number of pyridine rings is 1. The van der Waals surface area contributed by atoms with Gasteiger partial charge in [-0.15, -0.1) is 11.3 Å². The highest BCUT2D eigenvalue weighted by Gasteiger charge is 2.26. The highest BCUT2D eigenvalue weighted by Crippen LogP contribution is 2.33. The van der Waals surface area contributed by atoms with E-state index < -0.39 is 0 Å². The van der Waals surface area contributed by atoms with Crippen molar-refractivity contribution >= 4 is 22.4 Å². The predicted molar refractivity (Wildman–Crippen MR) is 95.0 cm³/mol. The Morgan fingerprint density at radius 1 is 1.29 bits per heavy atom. The number of hydrogen-bond acceptors (Lipinski definition) is 6. The summed E-state index contributed by atoms with van der Waals surface area (Å²) in [5.41, 5.74) is 7.97. The summed E-state index contributed by atoms with van der Waals surface area (Å²) < 4.78 is 5.81. The maximum Gasteiger partial charge on any atom is 0.239 e. The molecule has 3 heterocycles. The fraction of sp³-hybridized carbons (Fsp3) is 0.471. The number of nitrogens with one attached hydrogen (secondary N) is 1.